The Kier molecular flexibility index (Phi) is 1.50. The maximum absolute atomic E-state index is 6.52. The molecule has 0 saturated carbocycles. The zero-order valence-electron chi connectivity index (χ0n) is 5.18. The number of aromatic nitrogens is 2. The van der Waals surface area contributed by atoms with Crippen molar-refractivity contribution < 1.29 is 0 Å². The SMILES string of the molecule is [C-]#[N+]Cc1cc(C)[nH]n1. The Morgan fingerprint density at radius 3 is 3.11 bits per heavy atom. The molecule has 0 aliphatic heterocycles. The summed E-state index contributed by atoms with van der Waals surface area (Å²) in [5.74, 6) is 0. The van der Waals surface area contributed by atoms with Gasteiger partial charge in [0.2, 0.25) is 0 Å². The first kappa shape index (κ1) is 5.83. The van der Waals surface area contributed by atoms with Crippen molar-refractivity contribution in [2.24, 2.45) is 0 Å². The van der Waals surface area contributed by atoms with E-state index in [0.717, 1.165) is 11.4 Å². The molecule has 3 heteroatoms. The van der Waals surface area contributed by atoms with Crippen LogP contribution in [0.3, 0.4) is 0 Å². The van der Waals surface area contributed by atoms with Crippen LogP contribution in [0.1, 0.15) is 11.4 Å². The zero-order chi connectivity index (χ0) is 6.69. The van der Waals surface area contributed by atoms with E-state index in [1.54, 1.807) is 0 Å². The fourth-order valence-electron chi connectivity index (χ4n) is 0.636. The highest BCUT2D eigenvalue weighted by Crippen LogP contribution is 1.97. The average Bonchev–Trinajstić information content (AvgIpc) is 2.17. The van der Waals surface area contributed by atoms with Crippen LogP contribution < -0.4 is 0 Å². The second-order valence-electron chi connectivity index (χ2n) is 1.86. The normalized spacial score (nSPS) is 8.89. The standard InChI is InChI=1S/C6H7N3/c1-5-3-6(4-7-2)9-8-5/h3H,4H2,1H3,(H,8,9). The van der Waals surface area contributed by atoms with E-state index >= 15 is 0 Å². The highest BCUT2D eigenvalue weighted by Gasteiger charge is 1.96. The van der Waals surface area contributed by atoms with E-state index in [4.69, 9.17) is 6.57 Å². The van der Waals surface area contributed by atoms with Gasteiger partial charge in [0.1, 0.15) is 5.69 Å². The van der Waals surface area contributed by atoms with E-state index in [9.17, 15) is 0 Å². The molecule has 0 atom stereocenters. The fraction of sp³-hybridized carbons (Fsp3) is 0.333. The Morgan fingerprint density at radius 1 is 1.89 bits per heavy atom. The van der Waals surface area contributed by atoms with E-state index in [1.807, 2.05) is 13.0 Å². The lowest BCUT2D eigenvalue weighted by molar-refractivity contribution is 0.990. The van der Waals surface area contributed by atoms with E-state index in [1.165, 1.54) is 0 Å². The van der Waals surface area contributed by atoms with Gasteiger partial charge in [-0.1, -0.05) is 0 Å². The molecule has 1 heterocycles. The number of aryl methyl sites for hydroxylation is 1. The summed E-state index contributed by atoms with van der Waals surface area (Å²) in [7, 11) is 0. The molecular formula is C6H7N3. The summed E-state index contributed by atoms with van der Waals surface area (Å²) < 4.78 is 0. The van der Waals surface area contributed by atoms with Gasteiger partial charge in [0, 0.05) is 5.69 Å². The largest absolute Gasteiger partial charge is 0.310 e. The third-order valence-corrected chi connectivity index (χ3v) is 1.00. The smallest absolute Gasteiger partial charge is 0.258 e. The van der Waals surface area contributed by atoms with Crippen LogP contribution in [-0.4, -0.2) is 10.2 Å². The molecule has 1 rings (SSSR count). The maximum atomic E-state index is 6.52. The number of nitrogens with zero attached hydrogens (tertiary/aromatic N) is 2. The highest BCUT2D eigenvalue weighted by atomic mass is 15.1. The molecule has 0 fully saturated rings. The molecule has 0 radical (unpaired) electrons. The topological polar surface area (TPSA) is 33.0 Å². The van der Waals surface area contributed by atoms with Crippen molar-refractivity contribution in [2.75, 3.05) is 0 Å². The molecule has 9 heavy (non-hydrogen) atoms. The monoisotopic (exact) mass is 121 g/mol. The predicted octanol–water partition coefficient (Wildman–Crippen LogP) is 1.14. The Bertz CT molecular complexity index is 231. The molecule has 0 saturated heterocycles. The molecule has 0 aromatic carbocycles. The van der Waals surface area contributed by atoms with Crippen LogP contribution in [0.5, 0.6) is 0 Å². The van der Waals surface area contributed by atoms with Gasteiger partial charge in [-0.05, 0) is 13.0 Å². The minimum atomic E-state index is 0.379. The van der Waals surface area contributed by atoms with Crippen molar-refractivity contribution in [3.63, 3.8) is 0 Å². The van der Waals surface area contributed by atoms with E-state index in [-0.39, 0.29) is 0 Å². The Hall–Kier alpha value is -1.30. The van der Waals surface area contributed by atoms with Crippen molar-refractivity contribution in [1.29, 1.82) is 0 Å². The number of aromatic amines is 1. The quantitative estimate of drug-likeness (QED) is 0.555. The predicted molar refractivity (Wildman–Crippen MR) is 33.6 cm³/mol. The minimum Gasteiger partial charge on any atom is -0.310 e. The van der Waals surface area contributed by atoms with Gasteiger partial charge in [-0.2, -0.15) is 5.10 Å². The van der Waals surface area contributed by atoms with E-state index in [2.05, 4.69) is 15.0 Å². The van der Waals surface area contributed by atoms with Gasteiger partial charge in [0.05, 0.1) is 0 Å². The molecule has 0 spiro atoms. The van der Waals surface area contributed by atoms with Crippen LogP contribution >= 0.6 is 0 Å². The van der Waals surface area contributed by atoms with Gasteiger partial charge in [-0.15, -0.1) is 0 Å². The number of rotatable bonds is 1. The van der Waals surface area contributed by atoms with Crippen LogP contribution in [0.4, 0.5) is 0 Å². The fourth-order valence-corrected chi connectivity index (χ4v) is 0.636. The molecule has 1 N–H and O–H groups in total. The van der Waals surface area contributed by atoms with Crippen LogP contribution in [0.25, 0.3) is 4.85 Å². The number of hydrogen-bond donors (Lipinski definition) is 1. The third-order valence-electron chi connectivity index (χ3n) is 1.00. The first-order valence-electron chi connectivity index (χ1n) is 2.67. The van der Waals surface area contributed by atoms with Gasteiger partial charge in [0.25, 0.3) is 6.54 Å². The van der Waals surface area contributed by atoms with Crippen molar-refractivity contribution in [2.45, 2.75) is 13.5 Å². The summed E-state index contributed by atoms with van der Waals surface area (Å²) in [6.07, 6.45) is 0. The number of hydrogen-bond acceptors (Lipinski definition) is 1. The van der Waals surface area contributed by atoms with Crippen molar-refractivity contribution in [3.05, 3.63) is 28.9 Å². The van der Waals surface area contributed by atoms with E-state index < -0.39 is 0 Å². The lowest BCUT2D eigenvalue weighted by atomic mass is 10.4. The van der Waals surface area contributed by atoms with E-state index in [0.29, 0.717) is 6.54 Å². The van der Waals surface area contributed by atoms with Gasteiger partial charge < -0.3 is 4.85 Å². The molecular weight excluding hydrogens is 114 g/mol. The molecule has 0 amide bonds. The molecule has 1 aromatic heterocycles. The molecule has 3 nitrogen and oxygen atoms in total. The molecule has 0 aliphatic rings. The summed E-state index contributed by atoms with van der Waals surface area (Å²) in [6, 6.07) is 1.87. The molecule has 0 bridgehead atoms. The molecule has 46 valence electrons. The second kappa shape index (κ2) is 2.31. The van der Waals surface area contributed by atoms with Gasteiger partial charge in [0.15, 0.2) is 0 Å². The lowest BCUT2D eigenvalue weighted by Crippen LogP contribution is -1.76. The zero-order valence-corrected chi connectivity index (χ0v) is 5.18. The minimum absolute atomic E-state index is 0.379. The summed E-state index contributed by atoms with van der Waals surface area (Å²) >= 11 is 0. The van der Waals surface area contributed by atoms with Crippen LogP contribution in [-0.2, 0) is 6.54 Å². The van der Waals surface area contributed by atoms with Crippen molar-refractivity contribution in [3.8, 4) is 0 Å². The first-order valence-corrected chi connectivity index (χ1v) is 2.67. The van der Waals surface area contributed by atoms with Gasteiger partial charge in [-0.3, -0.25) is 5.10 Å². The van der Waals surface area contributed by atoms with Crippen LogP contribution in [0.15, 0.2) is 6.07 Å². The van der Waals surface area contributed by atoms with Gasteiger partial charge in [-0.25, -0.2) is 6.57 Å². The van der Waals surface area contributed by atoms with Crippen molar-refractivity contribution >= 4 is 0 Å². The van der Waals surface area contributed by atoms with Gasteiger partial charge >= 0.3 is 0 Å². The Morgan fingerprint density at radius 2 is 2.67 bits per heavy atom. The lowest BCUT2D eigenvalue weighted by Gasteiger charge is -1.73. The molecule has 1 aromatic rings. The van der Waals surface area contributed by atoms with Crippen molar-refractivity contribution in [1.82, 2.24) is 10.2 Å². The van der Waals surface area contributed by atoms with Crippen LogP contribution in [0.2, 0.25) is 0 Å². The maximum Gasteiger partial charge on any atom is 0.258 e. The number of H-pyrrole nitrogens is 1. The number of nitrogens with one attached hydrogen (secondary N) is 1. The first-order chi connectivity index (χ1) is 4.33. The highest BCUT2D eigenvalue weighted by molar-refractivity contribution is 5.07. The third kappa shape index (κ3) is 1.29. The molecule has 0 unspecified atom stereocenters. The average molecular weight is 121 g/mol. The summed E-state index contributed by atoms with van der Waals surface area (Å²) in [6.45, 7) is 8.82. The summed E-state index contributed by atoms with van der Waals surface area (Å²) in [5, 5.41) is 6.63. The Balaban J connectivity index is 2.76. The van der Waals surface area contributed by atoms with Crippen LogP contribution in [0, 0.1) is 13.5 Å². The Labute approximate surface area is 53.5 Å². The second-order valence-corrected chi connectivity index (χ2v) is 1.86. The summed E-state index contributed by atoms with van der Waals surface area (Å²) in [5.41, 5.74) is 1.83. The summed E-state index contributed by atoms with van der Waals surface area (Å²) in [4.78, 5) is 3.19. The molecule has 0 aliphatic carbocycles.